The third-order valence-corrected chi connectivity index (χ3v) is 4.51. The largest absolute Gasteiger partial charge is 0.365 e. The molecule has 1 aromatic heterocycles. The Labute approximate surface area is 103 Å². The molecule has 1 N–H and O–H groups in total. The minimum atomic E-state index is -2.92. The average molecular weight is 282 g/mol. The van der Waals surface area contributed by atoms with Crippen LogP contribution in [0.2, 0.25) is 10.3 Å². The SMILES string of the molecule is O=S1(=O)CCC(Nc2nc(Cl)ncc2Cl)C1. The maximum absolute atomic E-state index is 11.3. The van der Waals surface area contributed by atoms with Gasteiger partial charge in [0.1, 0.15) is 10.8 Å². The summed E-state index contributed by atoms with van der Waals surface area (Å²) in [4.78, 5) is 7.61. The molecular formula is C8H9Cl2N3O2S. The van der Waals surface area contributed by atoms with E-state index in [0.717, 1.165) is 0 Å². The van der Waals surface area contributed by atoms with Crippen molar-refractivity contribution >= 4 is 38.9 Å². The molecule has 2 rings (SSSR count). The van der Waals surface area contributed by atoms with Crippen LogP contribution in [-0.4, -0.2) is 35.9 Å². The van der Waals surface area contributed by atoms with E-state index >= 15 is 0 Å². The lowest BCUT2D eigenvalue weighted by Gasteiger charge is -2.12. The molecule has 1 unspecified atom stereocenters. The Hall–Kier alpha value is -0.590. The Morgan fingerprint density at radius 2 is 2.19 bits per heavy atom. The molecule has 1 atom stereocenters. The molecule has 1 aromatic rings. The number of hydrogen-bond donors (Lipinski definition) is 1. The number of anilines is 1. The van der Waals surface area contributed by atoms with Gasteiger partial charge in [0, 0.05) is 6.04 Å². The first-order valence-corrected chi connectivity index (χ1v) is 7.19. The van der Waals surface area contributed by atoms with E-state index in [4.69, 9.17) is 23.2 Å². The van der Waals surface area contributed by atoms with Crippen molar-refractivity contribution in [2.75, 3.05) is 16.8 Å². The highest BCUT2D eigenvalue weighted by atomic mass is 35.5. The van der Waals surface area contributed by atoms with Crippen molar-refractivity contribution in [3.63, 3.8) is 0 Å². The molecule has 88 valence electrons. The van der Waals surface area contributed by atoms with Crippen LogP contribution in [0.5, 0.6) is 0 Å². The first-order chi connectivity index (χ1) is 7.46. The monoisotopic (exact) mass is 281 g/mol. The smallest absolute Gasteiger partial charge is 0.224 e. The van der Waals surface area contributed by atoms with Crippen LogP contribution < -0.4 is 5.32 Å². The standard InChI is InChI=1S/C8H9Cl2N3O2S/c9-6-3-11-8(10)13-7(6)12-5-1-2-16(14,15)4-5/h3,5H,1-2,4H2,(H,11,12,13). The zero-order valence-corrected chi connectivity index (χ0v) is 10.5. The fraction of sp³-hybridized carbons (Fsp3) is 0.500. The average Bonchev–Trinajstić information content (AvgIpc) is 2.52. The van der Waals surface area contributed by atoms with Crippen LogP contribution in [0.15, 0.2) is 6.20 Å². The van der Waals surface area contributed by atoms with Gasteiger partial charge in [0.25, 0.3) is 0 Å². The Balaban J connectivity index is 2.13. The molecule has 16 heavy (non-hydrogen) atoms. The van der Waals surface area contributed by atoms with Crippen LogP contribution in [0.4, 0.5) is 5.82 Å². The van der Waals surface area contributed by atoms with Crippen LogP contribution in [-0.2, 0) is 9.84 Å². The van der Waals surface area contributed by atoms with E-state index in [0.29, 0.717) is 17.3 Å². The second-order valence-corrected chi connectivity index (χ2v) is 6.55. The highest BCUT2D eigenvalue weighted by Crippen LogP contribution is 2.23. The van der Waals surface area contributed by atoms with E-state index in [-0.39, 0.29) is 22.8 Å². The normalized spacial score (nSPS) is 23.2. The predicted molar refractivity (Wildman–Crippen MR) is 62.7 cm³/mol. The Kier molecular flexibility index (Phi) is 3.23. The molecule has 0 spiro atoms. The number of rotatable bonds is 2. The number of nitrogens with one attached hydrogen (secondary N) is 1. The second-order valence-electron chi connectivity index (χ2n) is 3.58. The molecular weight excluding hydrogens is 273 g/mol. The molecule has 5 nitrogen and oxygen atoms in total. The van der Waals surface area contributed by atoms with Gasteiger partial charge in [-0.05, 0) is 18.0 Å². The number of hydrogen-bond acceptors (Lipinski definition) is 5. The molecule has 0 bridgehead atoms. The molecule has 0 aliphatic carbocycles. The molecule has 0 aromatic carbocycles. The van der Waals surface area contributed by atoms with Crippen molar-refractivity contribution in [3.05, 3.63) is 16.5 Å². The van der Waals surface area contributed by atoms with E-state index in [9.17, 15) is 8.42 Å². The summed E-state index contributed by atoms with van der Waals surface area (Å²) < 4.78 is 22.5. The minimum Gasteiger partial charge on any atom is -0.365 e. The van der Waals surface area contributed by atoms with Crippen LogP contribution in [0.25, 0.3) is 0 Å². The lowest BCUT2D eigenvalue weighted by molar-refractivity contribution is 0.602. The molecule has 2 heterocycles. The van der Waals surface area contributed by atoms with Crippen molar-refractivity contribution < 1.29 is 8.42 Å². The van der Waals surface area contributed by atoms with Gasteiger partial charge < -0.3 is 5.32 Å². The van der Waals surface area contributed by atoms with Gasteiger partial charge in [-0.15, -0.1) is 0 Å². The maximum atomic E-state index is 11.3. The van der Waals surface area contributed by atoms with Crippen LogP contribution >= 0.6 is 23.2 Å². The zero-order valence-electron chi connectivity index (χ0n) is 8.15. The Morgan fingerprint density at radius 1 is 1.44 bits per heavy atom. The summed E-state index contributed by atoms with van der Waals surface area (Å²) in [6.45, 7) is 0. The van der Waals surface area contributed by atoms with Gasteiger partial charge in [-0.2, -0.15) is 4.98 Å². The molecule has 0 saturated carbocycles. The first-order valence-electron chi connectivity index (χ1n) is 4.61. The maximum Gasteiger partial charge on any atom is 0.224 e. The van der Waals surface area contributed by atoms with Gasteiger partial charge >= 0.3 is 0 Å². The summed E-state index contributed by atoms with van der Waals surface area (Å²) >= 11 is 11.5. The van der Waals surface area contributed by atoms with Gasteiger partial charge in [-0.3, -0.25) is 0 Å². The second kappa shape index (κ2) is 4.35. The molecule has 0 radical (unpaired) electrons. The lowest BCUT2D eigenvalue weighted by atomic mass is 10.2. The fourth-order valence-corrected chi connectivity index (χ4v) is 3.50. The summed E-state index contributed by atoms with van der Waals surface area (Å²) in [6.07, 6.45) is 1.93. The van der Waals surface area contributed by atoms with E-state index in [2.05, 4.69) is 15.3 Å². The van der Waals surface area contributed by atoms with Gasteiger partial charge in [-0.25, -0.2) is 13.4 Å². The van der Waals surface area contributed by atoms with Gasteiger partial charge in [0.15, 0.2) is 9.84 Å². The van der Waals surface area contributed by atoms with Crippen LogP contribution in [0.1, 0.15) is 6.42 Å². The Bertz CT molecular complexity index is 506. The molecule has 8 heteroatoms. The van der Waals surface area contributed by atoms with Crippen LogP contribution in [0.3, 0.4) is 0 Å². The third-order valence-electron chi connectivity index (χ3n) is 2.29. The highest BCUT2D eigenvalue weighted by molar-refractivity contribution is 7.91. The number of nitrogens with zero attached hydrogens (tertiary/aromatic N) is 2. The van der Waals surface area contributed by atoms with Crippen LogP contribution in [0, 0.1) is 0 Å². The summed E-state index contributed by atoms with van der Waals surface area (Å²) in [7, 11) is -2.92. The lowest BCUT2D eigenvalue weighted by Crippen LogP contribution is -2.21. The summed E-state index contributed by atoms with van der Waals surface area (Å²) in [5.74, 6) is 0.676. The first kappa shape index (κ1) is 11.9. The van der Waals surface area contributed by atoms with Crippen molar-refractivity contribution in [2.24, 2.45) is 0 Å². The van der Waals surface area contributed by atoms with Crippen molar-refractivity contribution in [1.82, 2.24) is 9.97 Å². The summed E-state index contributed by atoms with van der Waals surface area (Å²) in [6, 6.07) is -0.159. The number of halogens is 2. The molecule has 0 amide bonds. The van der Waals surface area contributed by atoms with E-state index in [1.165, 1.54) is 6.20 Å². The fourth-order valence-electron chi connectivity index (χ4n) is 1.55. The Morgan fingerprint density at radius 3 is 2.81 bits per heavy atom. The molecule has 1 saturated heterocycles. The number of aromatic nitrogens is 2. The number of sulfone groups is 1. The molecule has 1 aliphatic heterocycles. The highest BCUT2D eigenvalue weighted by Gasteiger charge is 2.28. The summed E-state index contributed by atoms with van der Waals surface area (Å²) in [5, 5.41) is 3.36. The molecule has 1 aliphatic rings. The third kappa shape index (κ3) is 2.75. The van der Waals surface area contributed by atoms with E-state index in [1.807, 2.05) is 0 Å². The molecule has 1 fully saturated rings. The quantitative estimate of drug-likeness (QED) is 0.830. The van der Waals surface area contributed by atoms with Gasteiger partial charge in [-0.1, -0.05) is 11.6 Å². The topological polar surface area (TPSA) is 72.0 Å². The van der Waals surface area contributed by atoms with E-state index in [1.54, 1.807) is 0 Å². The summed E-state index contributed by atoms with van der Waals surface area (Å²) in [5.41, 5.74) is 0. The van der Waals surface area contributed by atoms with Gasteiger partial charge in [0.05, 0.1) is 17.7 Å². The van der Waals surface area contributed by atoms with Crippen molar-refractivity contribution in [3.8, 4) is 0 Å². The minimum absolute atomic E-state index is 0.0766. The predicted octanol–water partition coefficient (Wildman–Crippen LogP) is 1.38. The zero-order chi connectivity index (χ0) is 11.8. The van der Waals surface area contributed by atoms with Crippen molar-refractivity contribution in [2.45, 2.75) is 12.5 Å². The van der Waals surface area contributed by atoms with Crippen molar-refractivity contribution in [1.29, 1.82) is 0 Å². The van der Waals surface area contributed by atoms with E-state index < -0.39 is 9.84 Å². The van der Waals surface area contributed by atoms with Gasteiger partial charge in [0.2, 0.25) is 5.28 Å².